The number of carbonyl (C=O) groups is 1. The van der Waals surface area contributed by atoms with Crippen molar-refractivity contribution in [2.24, 2.45) is 5.14 Å². The third-order valence-electron chi connectivity index (χ3n) is 4.80. The molecule has 4 rings (SSSR count). The zero-order valence-corrected chi connectivity index (χ0v) is 17.1. The van der Waals surface area contributed by atoms with Gasteiger partial charge >= 0.3 is 5.97 Å². The molecule has 0 spiro atoms. The summed E-state index contributed by atoms with van der Waals surface area (Å²) in [6, 6.07) is 11.6. The summed E-state index contributed by atoms with van der Waals surface area (Å²) in [4.78, 5) is 12.3. The molecule has 1 heterocycles. The molecule has 0 unspecified atom stereocenters. The Morgan fingerprint density at radius 3 is 2.45 bits per heavy atom. The van der Waals surface area contributed by atoms with Gasteiger partial charge in [-0.15, -0.1) is 12.4 Å². The molecule has 4 N–H and O–H groups in total. The smallest absolute Gasteiger partial charge is 0.358 e. The molecule has 152 valence electrons. The number of sulfonamides is 1. The molecule has 0 bridgehead atoms. The van der Waals surface area contributed by atoms with Crippen LogP contribution < -0.4 is 10.9 Å². The molecule has 2 aromatic carbocycles. The van der Waals surface area contributed by atoms with Crippen LogP contribution in [0.3, 0.4) is 0 Å². The molecule has 29 heavy (non-hydrogen) atoms. The first kappa shape index (κ1) is 20.8. The maximum Gasteiger partial charge on any atom is 0.358 e. The highest BCUT2D eigenvalue weighted by atomic mass is 35.5. The second-order valence-electron chi connectivity index (χ2n) is 6.53. The monoisotopic (exact) mass is 434 g/mol. The molecule has 0 atom stereocenters. The van der Waals surface area contributed by atoms with E-state index in [1.807, 2.05) is 12.1 Å². The molecule has 10 heteroatoms. The van der Waals surface area contributed by atoms with Crippen LogP contribution in [0.25, 0.3) is 16.9 Å². The van der Waals surface area contributed by atoms with E-state index in [-0.39, 0.29) is 23.0 Å². The van der Waals surface area contributed by atoms with Crippen molar-refractivity contribution in [1.82, 2.24) is 9.78 Å². The number of hydrogen-bond acceptors (Lipinski definition) is 6. The number of benzene rings is 2. The Hall–Kier alpha value is -2.88. The van der Waals surface area contributed by atoms with E-state index in [2.05, 4.69) is 5.10 Å². The van der Waals surface area contributed by atoms with Gasteiger partial charge in [-0.2, -0.15) is 5.10 Å². The lowest BCUT2D eigenvalue weighted by Crippen LogP contribution is -2.12. The first-order valence-electron chi connectivity index (χ1n) is 8.52. The maximum absolute atomic E-state index is 12.3. The molecule has 1 aliphatic carbocycles. The number of ether oxygens (including phenoxy) is 1. The summed E-state index contributed by atoms with van der Waals surface area (Å²) in [5, 5.41) is 9.65. The second-order valence-corrected chi connectivity index (χ2v) is 8.10. The van der Waals surface area contributed by atoms with Crippen molar-refractivity contribution in [2.75, 3.05) is 12.8 Å². The van der Waals surface area contributed by atoms with Crippen LogP contribution in [0.4, 0.5) is 5.69 Å². The molecule has 3 aromatic rings. The molecule has 0 fully saturated rings. The van der Waals surface area contributed by atoms with E-state index < -0.39 is 16.0 Å². The zero-order valence-electron chi connectivity index (χ0n) is 15.5. The molecule has 0 aliphatic heterocycles. The summed E-state index contributed by atoms with van der Waals surface area (Å²) in [5.41, 5.74) is 11.0. The first-order valence-corrected chi connectivity index (χ1v) is 10.1. The minimum atomic E-state index is -3.80. The normalized spacial score (nSPS) is 12.5. The summed E-state index contributed by atoms with van der Waals surface area (Å²) in [7, 11) is -2.49. The van der Waals surface area contributed by atoms with Gasteiger partial charge in [-0.25, -0.2) is 23.0 Å². The van der Waals surface area contributed by atoms with Crippen LogP contribution in [0, 0.1) is 0 Å². The van der Waals surface area contributed by atoms with E-state index in [9.17, 15) is 13.2 Å². The number of methoxy groups -OCH3 is 1. The molecule has 1 aliphatic rings. The summed E-state index contributed by atoms with van der Waals surface area (Å²) in [6.45, 7) is 0. The number of aromatic nitrogens is 2. The van der Waals surface area contributed by atoms with Gasteiger partial charge in [0.2, 0.25) is 10.0 Å². The van der Waals surface area contributed by atoms with Crippen molar-refractivity contribution in [1.29, 1.82) is 0 Å². The standard InChI is InChI=1S/C19H18N4O4S.ClH/c1-27-19(24)17-16-8-2-11-10-12(20)3-9-15(11)18(16)23(22-17)13-4-6-14(7-5-13)28(21,25)26;/h3-7,9-10H,2,8,20H2,1H3,(H2,21,25,26);1H. The molecule has 0 amide bonds. The predicted molar refractivity (Wildman–Crippen MR) is 111 cm³/mol. The highest BCUT2D eigenvalue weighted by Gasteiger charge is 2.29. The van der Waals surface area contributed by atoms with Gasteiger partial charge in [0.1, 0.15) is 0 Å². The van der Waals surface area contributed by atoms with E-state index >= 15 is 0 Å². The highest BCUT2D eigenvalue weighted by Crippen LogP contribution is 2.38. The summed E-state index contributed by atoms with van der Waals surface area (Å²) in [5.74, 6) is -0.518. The van der Waals surface area contributed by atoms with Crippen LogP contribution >= 0.6 is 12.4 Å². The number of hydrogen-bond donors (Lipinski definition) is 2. The summed E-state index contributed by atoms with van der Waals surface area (Å²) >= 11 is 0. The molecular weight excluding hydrogens is 416 g/mol. The Bertz CT molecular complexity index is 1200. The molecular formula is C19H19ClN4O4S. The second kappa shape index (κ2) is 7.51. The number of nitrogens with two attached hydrogens (primary N) is 2. The molecule has 8 nitrogen and oxygen atoms in total. The minimum absolute atomic E-state index is 0. The van der Waals surface area contributed by atoms with Gasteiger partial charge in [-0.3, -0.25) is 0 Å². The Kier molecular flexibility index (Phi) is 5.40. The minimum Gasteiger partial charge on any atom is -0.464 e. The number of nitrogens with zero attached hydrogens (tertiary/aromatic N) is 2. The fourth-order valence-corrected chi connectivity index (χ4v) is 4.01. The van der Waals surface area contributed by atoms with Crippen molar-refractivity contribution in [3.8, 4) is 16.9 Å². The van der Waals surface area contributed by atoms with Crippen molar-refractivity contribution >= 4 is 34.1 Å². The number of aryl methyl sites for hydroxylation is 1. The predicted octanol–water partition coefficient (Wildman–Crippen LogP) is 2.08. The average molecular weight is 435 g/mol. The Balaban J connectivity index is 0.00000240. The molecule has 0 radical (unpaired) electrons. The van der Waals surface area contributed by atoms with Crippen LogP contribution in [-0.2, 0) is 27.6 Å². The molecule has 1 aromatic heterocycles. The van der Waals surface area contributed by atoms with E-state index in [4.69, 9.17) is 15.6 Å². The van der Waals surface area contributed by atoms with Crippen LogP contribution in [-0.4, -0.2) is 31.3 Å². The van der Waals surface area contributed by atoms with Crippen molar-refractivity contribution in [3.05, 3.63) is 59.3 Å². The number of halogens is 1. The fourth-order valence-electron chi connectivity index (χ4n) is 3.50. The topological polar surface area (TPSA) is 130 Å². The number of nitrogen functional groups attached to an aromatic ring is 1. The maximum atomic E-state index is 12.3. The SMILES string of the molecule is COC(=O)c1nn(-c2ccc(S(N)(=O)=O)cc2)c2c1CCc1cc(N)ccc1-2.Cl. The van der Waals surface area contributed by atoms with E-state index in [0.717, 1.165) is 28.8 Å². The Morgan fingerprint density at radius 2 is 1.83 bits per heavy atom. The molecule has 0 saturated carbocycles. The first-order chi connectivity index (χ1) is 13.3. The number of rotatable bonds is 3. The average Bonchev–Trinajstić information content (AvgIpc) is 3.06. The van der Waals surface area contributed by atoms with Gasteiger partial charge in [0, 0.05) is 16.8 Å². The largest absolute Gasteiger partial charge is 0.464 e. The zero-order chi connectivity index (χ0) is 20.1. The van der Waals surface area contributed by atoms with Gasteiger partial charge in [-0.05, 0) is 54.8 Å². The molecule has 0 saturated heterocycles. The highest BCUT2D eigenvalue weighted by molar-refractivity contribution is 7.89. The van der Waals surface area contributed by atoms with Crippen LogP contribution in [0.5, 0.6) is 0 Å². The van der Waals surface area contributed by atoms with Gasteiger partial charge in [0.25, 0.3) is 0 Å². The summed E-state index contributed by atoms with van der Waals surface area (Å²) in [6.07, 6.45) is 1.35. The number of esters is 1. The number of carbonyl (C=O) groups excluding carboxylic acids is 1. The van der Waals surface area contributed by atoms with Crippen molar-refractivity contribution < 1.29 is 17.9 Å². The Labute approximate surface area is 173 Å². The lowest BCUT2D eigenvalue weighted by molar-refractivity contribution is 0.0592. The van der Waals surface area contributed by atoms with E-state index in [1.165, 1.54) is 19.2 Å². The van der Waals surface area contributed by atoms with Gasteiger partial charge in [-0.1, -0.05) is 6.07 Å². The number of anilines is 1. The van der Waals surface area contributed by atoms with Gasteiger partial charge in [0.15, 0.2) is 5.69 Å². The fraction of sp³-hybridized carbons (Fsp3) is 0.158. The van der Waals surface area contributed by atoms with Gasteiger partial charge < -0.3 is 10.5 Å². The summed E-state index contributed by atoms with van der Waals surface area (Å²) < 4.78 is 29.6. The van der Waals surface area contributed by atoms with Crippen LogP contribution in [0.15, 0.2) is 47.4 Å². The lowest BCUT2D eigenvalue weighted by Gasteiger charge is -2.19. The number of primary sulfonamides is 1. The lowest BCUT2D eigenvalue weighted by atomic mass is 9.88. The number of fused-ring (bicyclic) bond motifs is 3. The third-order valence-corrected chi connectivity index (χ3v) is 5.73. The van der Waals surface area contributed by atoms with Crippen molar-refractivity contribution in [3.63, 3.8) is 0 Å². The van der Waals surface area contributed by atoms with Crippen LogP contribution in [0.2, 0.25) is 0 Å². The Morgan fingerprint density at radius 1 is 1.14 bits per heavy atom. The van der Waals surface area contributed by atoms with Crippen LogP contribution in [0.1, 0.15) is 21.6 Å². The van der Waals surface area contributed by atoms with E-state index in [0.29, 0.717) is 17.8 Å². The van der Waals surface area contributed by atoms with Gasteiger partial charge in [0.05, 0.1) is 23.4 Å². The van der Waals surface area contributed by atoms with Crippen molar-refractivity contribution in [2.45, 2.75) is 17.7 Å². The van der Waals surface area contributed by atoms with E-state index in [1.54, 1.807) is 22.9 Å². The quantitative estimate of drug-likeness (QED) is 0.479. The third kappa shape index (κ3) is 3.59.